The lowest BCUT2D eigenvalue weighted by Gasteiger charge is -2.09. The van der Waals surface area contributed by atoms with Crippen LogP contribution in [0.4, 0.5) is 5.69 Å². The Kier molecular flexibility index (Phi) is 5.29. The zero-order valence-electron chi connectivity index (χ0n) is 10.2. The van der Waals surface area contributed by atoms with E-state index in [0.717, 1.165) is 4.47 Å². The quantitative estimate of drug-likeness (QED) is 0.836. The molecule has 0 fully saturated rings. The van der Waals surface area contributed by atoms with Crippen LogP contribution in [-0.2, 0) is 4.79 Å². The van der Waals surface area contributed by atoms with Gasteiger partial charge in [-0.1, -0.05) is 39.1 Å². The van der Waals surface area contributed by atoms with Gasteiger partial charge < -0.3 is 10.1 Å². The molecule has 0 bridgehead atoms. The van der Waals surface area contributed by atoms with Crippen molar-refractivity contribution in [3.8, 4) is 5.75 Å². The number of benzene rings is 2. The Morgan fingerprint density at radius 3 is 2.50 bits per heavy atom. The molecule has 1 N–H and O–H groups in total. The molecule has 0 aromatic heterocycles. The maximum absolute atomic E-state index is 11.8. The molecule has 0 saturated carbocycles. The Hall–Kier alpha value is -1.23. The van der Waals surface area contributed by atoms with Crippen molar-refractivity contribution in [2.75, 3.05) is 11.9 Å². The molecule has 0 heterocycles. The zero-order chi connectivity index (χ0) is 14.5. The van der Waals surface area contributed by atoms with Crippen LogP contribution in [0, 0.1) is 0 Å². The molecule has 0 aliphatic rings. The molecule has 0 aliphatic carbocycles. The second-order valence-corrected chi connectivity index (χ2v) is 5.67. The van der Waals surface area contributed by atoms with Crippen molar-refractivity contribution in [2.24, 2.45) is 0 Å². The number of hydrogen-bond donors (Lipinski definition) is 1. The minimum absolute atomic E-state index is 0.103. The second-order valence-electron chi connectivity index (χ2n) is 3.91. The first kappa shape index (κ1) is 15.2. The molecule has 0 atom stereocenters. The van der Waals surface area contributed by atoms with E-state index in [1.165, 1.54) is 0 Å². The summed E-state index contributed by atoms with van der Waals surface area (Å²) in [5, 5.41) is 3.75. The maximum atomic E-state index is 11.8. The van der Waals surface area contributed by atoms with Gasteiger partial charge in [-0.15, -0.1) is 0 Å². The average molecular weight is 375 g/mol. The van der Waals surface area contributed by atoms with E-state index in [4.69, 9.17) is 27.9 Å². The Labute approximate surface area is 135 Å². The summed E-state index contributed by atoms with van der Waals surface area (Å²) in [4.78, 5) is 11.8. The van der Waals surface area contributed by atoms with Crippen molar-refractivity contribution >= 4 is 50.7 Å². The van der Waals surface area contributed by atoms with E-state index in [1.807, 2.05) is 0 Å². The minimum atomic E-state index is -0.288. The number of halogens is 3. The van der Waals surface area contributed by atoms with Crippen LogP contribution in [-0.4, -0.2) is 12.5 Å². The molecule has 2 rings (SSSR count). The molecule has 6 heteroatoms. The van der Waals surface area contributed by atoms with E-state index in [9.17, 15) is 4.79 Å². The highest BCUT2D eigenvalue weighted by Crippen LogP contribution is 2.25. The number of ether oxygens (including phenoxy) is 1. The number of carbonyl (C=O) groups excluding carboxylic acids is 1. The molecular weight excluding hydrogens is 365 g/mol. The highest BCUT2D eigenvalue weighted by molar-refractivity contribution is 9.10. The van der Waals surface area contributed by atoms with Gasteiger partial charge in [0.2, 0.25) is 0 Å². The molecular formula is C14H10BrCl2NO2. The summed E-state index contributed by atoms with van der Waals surface area (Å²) in [5.41, 5.74) is 0.541. The van der Waals surface area contributed by atoms with Gasteiger partial charge in [-0.3, -0.25) is 4.79 Å². The maximum Gasteiger partial charge on any atom is 0.262 e. The molecule has 0 spiro atoms. The van der Waals surface area contributed by atoms with Crippen LogP contribution in [0.1, 0.15) is 0 Å². The molecule has 3 nitrogen and oxygen atoms in total. The van der Waals surface area contributed by atoms with Crippen LogP contribution >= 0.6 is 39.1 Å². The fourth-order valence-corrected chi connectivity index (χ4v) is 2.30. The predicted octanol–water partition coefficient (Wildman–Crippen LogP) is 4.77. The minimum Gasteiger partial charge on any atom is -0.484 e. The fraction of sp³-hybridized carbons (Fsp3) is 0.0714. The van der Waals surface area contributed by atoms with Crippen molar-refractivity contribution in [1.29, 1.82) is 0 Å². The van der Waals surface area contributed by atoms with E-state index in [-0.39, 0.29) is 12.5 Å². The van der Waals surface area contributed by atoms with Crippen LogP contribution in [0.25, 0.3) is 0 Å². The Morgan fingerprint density at radius 1 is 1.15 bits per heavy atom. The lowest BCUT2D eigenvalue weighted by Crippen LogP contribution is -2.20. The summed E-state index contributed by atoms with van der Waals surface area (Å²) < 4.78 is 6.18. The SMILES string of the molecule is O=C(COc1ccc(Cl)cc1)Nc1ccc(Br)cc1Cl. The van der Waals surface area contributed by atoms with E-state index < -0.39 is 0 Å². The first-order valence-electron chi connectivity index (χ1n) is 5.68. The summed E-state index contributed by atoms with van der Waals surface area (Å²) in [6, 6.07) is 12.0. The molecule has 0 unspecified atom stereocenters. The van der Waals surface area contributed by atoms with Crippen LogP contribution in [0.5, 0.6) is 5.75 Å². The van der Waals surface area contributed by atoms with Gasteiger partial charge in [0.1, 0.15) is 5.75 Å². The number of anilines is 1. The van der Waals surface area contributed by atoms with Gasteiger partial charge in [-0.05, 0) is 42.5 Å². The van der Waals surface area contributed by atoms with Gasteiger partial charge in [0.25, 0.3) is 5.91 Å². The topological polar surface area (TPSA) is 38.3 Å². The summed E-state index contributed by atoms with van der Waals surface area (Å²) in [5.74, 6) is 0.288. The van der Waals surface area contributed by atoms with E-state index in [1.54, 1.807) is 42.5 Å². The van der Waals surface area contributed by atoms with Gasteiger partial charge in [0, 0.05) is 9.50 Å². The van der Waals surface area contributed by atoms with E-state index in [2.05, 4.69) is 21.2 Å². The third-order valence-corrected chi connectivity index (χ3v) is 3.45. The molecule has 2 aromatic carbocycles. The molecule has 1 amide bonds. The third kappa shape index (κ3) is 4.40. The highest BCUT2D eigenvalue weighted by atomic mass is 79.9. The Bertz CT molecular complexity index is 617. The van der Waals surface area contributed by atoms with Crippen molar-refractivity contribution in [3.05, 3.63) is 57.0 Å². The van der Waals surface area contributed by atoms with Gasteiger partial charge in [0.05, 0.1) is 10.7 Å². The first-order chi connectivity index (χ1) is 9.54. The van der Waals surface area contributed by atoms with Crippen LogP contribution in [0.2, 0.25) is 10.0 Å². The summed E-state index contributed by atoms with van der Waals surface area (Å²) >= 11 is 15.1. The Morgan fingerprint density at radius 2 is 1.85 bits per heavy atom. The van der Waals surface area contributed by atoms with Crippen LogP contribution in [0.15, 0.2) is 46.9 Å². The third-order valence-electron chi connectivity index (χ3n) is 2.39. The lowest BCUT2D eigenvalue weighted by atomic mass is 10.3. The van der Waals surface area contributed by atoms with Crippen LogP contribution in [0.3, 0.4) is 0 Å². The van der Waals surface area contributed by atoms with Crippen LogP contribution < -0.4 is 10.1 Å². The average Bonchev–Trinajstić information content (AvgIpc) is 2.41. The van der Waals surface area contributed by atoms with Gasteiger partial charge in [-0.25, -0.2) is 0 Å². The number of carbonyl (C=O) groups is 1. The van der Waals surface area contributed by atoms with Gasteiger partial charge >= 0.3 is 0 Å². The zero-order valence-corrected chi connectivity index (χ0v) is 13.3. The summed E-state index contributed by atoms with van der Waals surface area (Å²) in [6.07, 6.45) is 0. The van der Waals surface area contributed by atoms with E-state index in [0.29, 0.717) is 21.5 Å². The van der Waals surface area contributed by atoms with E-state index >= 15 is 0 Å². The molecule has 104 valence electrons. The molecule has 20 heavy (non-hydrogen) atoms. The normalized spacial score (nSPS) is 10.2. The summed E-state index contributed by atoms with van der Waals surface area (Å²) in [7, 11) is 0. The van der Waals surface area contributed by atoms with Gasteiger partial charge in [-0.2, -0.15) is 0 Å². The lowest BCUT2D eigenvalue weighted by molar-refractivity contribution is -0.118. The highest BCUT2D eigenvalue weighted by Gasteiger charge is 2.07. The number of rotatable bonds is 4. The smallest absolute Gasteiger partial charge is 0.262 e. The van der Waals surface area contributed by atoms with Crippen molar-refractivity contribution in [3.63, 3.8) is 0 Å². The predicted molar refractivity (Wildman–Crippen MR) is 84.7 cm³/mol. The molecule has 0 aliphatic heterocycles. The largest absolute Gasteiger partial charge is 0.484 e. The van der Waals surface area contributed by atoms with Crippen molar-refractivity contribution < 1.29 is 9.53 Å². The van der Waals surface area contributed by atoms with Crippen molar-refractivity contribution in [2.45, 2.75) is 0 Å². The molecule has 0 radical (unpaired) electrons. The fourth-order valence-electron chi connectivity index (χ4n) is 1.46. The number of hydrogen-bond acceptors (Lipinski definition) is 2. The first-order valence-corrected chi connectivity index (χ1v) is 7.23. The number of nitrogens with one attached hydrogen (secondary N) is 1. The number of amides is 1. The van der Waals surface area contributed by atoms with Crippen molar-refractivity contribution in [1.82, 2.24) is 0 Å². The summed E-state index contributed by atoms with van der Waals surface area (Å²) in [6.45, 7) is -0.103. The van der Waals surface area contributed by atoms with Gasteiger partial charge in [0.15, 0.2) is 6.61 Å². The Balaban J connectivity index is 1.90. The molecule has 0 saturated heterocycles. The standard InChI is InChI=1S/C14H10BrCl2NO2/c15-9-1-6-13(12(17)7-9)18-14(19)8-20-11-4-2-10(16)3-5-11/h1-7H,8H2,(H,18,19). The second kappa shape index (κ2) is 6.97. The monoisotopic (exact) mass is 373 g/mol. The molecule has 2 aromatic rings.